The third-order valence-electron chi connectivity index (χ3n) is 2.96. The Labute approximate surface area is 131 Å². The van der Waals surface area contributed by atoms with Crippen LogP contribution in [0.3, 0.4) is 0 Å². The summed E-state index contributed by atoms with van der Waals surface area (Å²) in [5.41, 5.74) is 12.9. The molecule has 0 saturated carbocycles. The summed E-state index contributed by atoms with van der Waals surface area (Å²) in [4.78, 5) is 24.8. The molecule has 0 bridgehead atoms. The van der Waals surface area contributed by atoms with Crippen molar-refractivity contribution >= 4 is 23.0 Å². The number of phenols is 1. The number of H-pyrrole nitrogens is 1. The van der Waals surface area contributed by atoms with E-state index in [0.717, 1.165) is 5.56 Å². The standard InChI is InChI=1S/C9H11NO3.C5H5N5/c10-8(9(12)13)5-6-1-3-7(11)4-2-6;6-4-3-5(9-1-7-3)10-2-8-4/h1-4,8,11H,5,10H2,(H,12,13);1-2H,(H3,6,7,8,9,10)/t8-;/m0./s1. The summed E-state index contributed by atoms with van der Waals surface area (Å²) in [5.74, 6) is -0.428. The fourth-order valence-electron chi connectivity index (χ4n) is 1.76. The Morgan fingerprint density at radius 2 is 1.91 bits per heavy atom. The van der Waals surface area contributed by atoms with Crippen LogP contribution >= 0.6 is 0 Å². The molecule has 9 nitrogen and oxygen atoms in total. The van der Waals surface area contributed by atoms with Crippen LogP contribution in [0.1, 0.15) is 5.56 Å². The predicted molar refractivity (Wildman–Crippen MR) is 83.5 cm³/mol. The number of rotatable bonds is 3. The first-order valence-electron chi connectivity index (χ1n) is 6.63. The van der Waals surface area contributed by atoms with Crippen molar-refractivity contribution in [3.8, 4) is 5.75 Å². The number of carboxylic acid groups (broad SMARTS) is 1. The van der Waals surface area contributed by atoms with Crippen LogP contribution in [-0.4, -0.2) is 42.2 Å². The molecule has 3 rings (SSSR count). The largest absolute Gasteiger partial charge is 0.508 e. The van der Waals surface area contributed by atoms with E-state index in [1.807, 2.05) is 0 Å². The highest BCUT2D eigenvalue weighted by atomic mass is 16.4. The van der Waals surface area contributed by atoms with Crippen molar-refractivity contribution in [3.05, 3.63) is 42.5 Å². The van der Waals surface area contributed by atoms with Gasteiger partial charge in [-0.3, -0.25) is 4.79 Å². The molecule has 0 aliphatic rings. The number of benzene rings is 1. The highest BCUT2D eigenvalue weighted by Crippen LogP contribution is 2.11. The van der Waals surface area contributed by atoms with Crippen LogP contribution in [0.2, 0.25) is 0 Å². The monoisotopic (exact) mass is 316 g/mol. The van der Waals surface area contributed by atoms with Gasteiger partial charge in [0.1, 0.15) is 23.6 Å². The minimum atomic E-state index is -1.02. The lowest BCUT2D eigenvalue weighted by molar-refractivity contribution is -0.138. The molecule has 0 aliphatic heterocycles. The number of hydrogen-bond donors (Lipinski definition) is 5. The maximum atomic E-state index is 10.4. The molecule has 0 amide bonds. The van der Waals surface area contributed by atoms with Crippen LogP contribution in [0.5, 0.6) is 5.75 Å². The first-order chi connectivity index (χ1) is 11.0. The molecule has 9 heteroatoms. The van der Waals surface area contributed by atoms with Crippen molar-refractivity contribution < 1.29 is 15.0 Å². The lowest BCUT2D eigenvalue weighted by Crippen LogP contribution is -2.32. The number of aromatic amines is 1. The fourth-order valence-corrected chi connectivity index (χ4v) is 1.76. The highest BCUT2D eigenvalue weighted by Gasteiger charge is 2.11. The van der Waals surface area contributed by atoms with Gasteiger partial charge in [-0.25, -0.2) is 15.0 Å². The van der Waals surface area contributed by atoms with E-state index in [4.69, 9.17) is 21.7 Å². The predicted octanol–water partition coefficient (Wildman–Crippen LogP) is 0.282. The zero-order valence-electron chi connectivity index (χ0n) is 12.0. The van der Waals surface area contributed by atoms with Gasteiger partial charge in [0.05, 0.1) is 6.33 Å². The number of nitrogens with one attached hydrogen (secondary N) is 1. The number of phenolic OH excluding ortho intramolecular Hbond substituents is 1. The maximum absolute atomic E-state index is 10.4. The Morgan fingerprint density at radius 1 is 1.22 bits per heavy atom. The number of carbonyl (C=O) groups is 1. The van der Waals surface area contributed by atoms with Gasteiger partial charge < -0.3 is 26.7 Å². The summed E-state index contributed by atoms with van der Waals surface area (Å²) in [7, 11) is 0. The molecule has 3 aromatic rings. The Bertz CT molecular complexity index is 787. The topological polar surface area (TPSA) is 164 Å². The Hall–Kier alpha value is -3.20. The number of nitrogens with zero attached hydrogens (tertiary/aromatic N) is 3. The zero-order chi connectivity index (χ0) is 16.8. The van der Waals surface area contributed by atoms with Crippen LogP contribution in [0.25, 0.3) is 11.2 Å². The molecule has 23 heavy (non-hydrogen) atoms. The zero-order valence-corrected chi connectivity index (χ0v) is 12.0. The van der Waals surface area contributed by atoms with Crippen LogP contribution in [0.4, 0.5) is 5.82 Å². The van der Waals surface area contributed by atoms with Crippen molar-refractivity contribution in [1.82, 2.24) is 19.9 Å². The summed E-state index contributed by atoms with van der Waals surface area (Å²) < 4.78 is 0. The second-order valence-electron chi connectivity index (χ2n) is 4.68. The quantitative estimate of drug-likeness (QED) is 0.459. The van der Waals surface area contributed by atoms with Gasteiger partial charge >= 0.3 is 5.97 Å². The third kappa shape index (κ3) is 4.38. The summed E-state index contributed by atoms with van der Waals surface area (Å²) in [6.45, 7) is 0. The van der Waals surface area contributed by atoms with Gasteiger partial charge in [0.25, 0.3) is 0 Å². The highest BCUT2D eigenvalue weighted by molar-refractivity contribution is 5.80. The van der Waals surface area contributed by atoms with Crippen LogP contribution in [0, 0.1) is 0 Å². The average molecular weight is 316 g/mol. The molecule has 120 valence electrons. The first kappa shape index (κ1) is 16.2. The Morgan fingerprint density at radius 3 is 2.52 bits per heavy atom. The van der Waals surface area contributed by atoms with E-state index in [1.54, 1.807) is 12.1 Å². The number of anilines is 1. The van der Waals surface area contributed by atoms with E-state index in [-0.39, 0.29) is 12.2 Å². The molecule has 1 atom stereocenters. The molecule has 0 unspecified atom stereocenters. The van der Waals surface area contributed by atoms with E-state index < -0.39 is 12.0 Å². The lowest BCUT2D eigenvalue weighted by Gasteiger charge is -2.05. The van der Waals surface area contributed by atoms with E-state index in [2.05, 4.69) is 19.9 Å². The number of imidazole rings is 1. The molecule has 0 radical (unpaired) electrons. The van der Waals surface area contributed by atoms with Crippen molar-refractivity contribution in [1.29, 1.82) is 0 Å². The Balaban J connectivity index is 0.000000172. The van der Waals surface area contributed by atoms with Gasteiger partial charge in [0.15, 0.2) is 11.5 Å². The van der Waals surface area contributed by atoms with Gasteiger partial charge in [-0.05, 0) is 24.1 Å². The van der Waals surface area contributed by atoms with Crippen LogP contribution in [0.15, 0.2) is 36.9 Å². The van der Waals surface area contributed by atoms with E-state index in [9.17, 15) is 4.79 Å². The number of carboxylic acids is 1. The van der Waals surface area contributed by atoms with E-state index in [1.165, 1.54) is 24.8 Å². The number of aromatic hydroxyl groups is 1. The smallest absolute Gasteiger partial charge is 0.320 e. The lowest BCUT2D eigenvalue weighted by atomic mass is 10.1. The van der Waals surface area contributed by atoms with Gasteiger partial charge in [-0.1, -0.05) is 12.1 Å². The number of aliphatic carboxylic acids is 1. The minimum absolute atomic E-state index is 0.160. The molecule has 2 heterocycles. The van der Waals surface area contributed by atoms with Crippen molar-refractivity contribution in [3.63, 3.8) is 0 Å². The second-order valence-corrected chi connectivity index (χ2v) is 4.68. The SMILES string of the molecule is N[C@@H](Cc1ccc(O)cc1)C(=O)O.Nc1ncnc2nc[nH]c12. The van der Waals surface area contributed by atoms with Gasteiger partial charge in [-0.2, -0.15) is 0 Å². The second kappa shape index (κ2) is 7.18. The van der Waals surface area contributed by atoms with Crippen LogP contribution < -0.4 is 11.5 Å². The van der Waals surface area contributed by atoms with Crippen LogP contribution in [-0.2, 0) is 11.2 Å². The summed E-state index contributed by atoms with van der Waals surface area (Å²) in [6, 6.07) is 5.42. The minimum Gasteiger partial charge on any atom is -0.508 e. The summed E-state index contributed by atoms with van der Waals surface area (Å²) in [5, 5.41) is 17.5. The number of fused-ring (bicyclic) bond motifs is 1. The summed E-state index contributed by atoms with van der Waals surface area (Å²) in [6.07, 6.45) is 3.20. The number of nitrogen functional groups attached to an aromatic ring is 1. The van der Waals surface area contributed by atoms with Crippen molar-refractivity contribution in [2.75, 3.05) is 5.73 Å². The first-order valence-corrected chi connectivity index (χ1v) is 6.63. The molecule has 2 aromatic heterocycles. The van der Waals surface area contributed by atoms with Gasteiger partial charge in [0, 0.05) is 0 Å². The number of aromatic nitrogens is 4. The number of nitrogens with two attached hydrogens (primary N) is 2. The number of hydrogen-bond acceptors (Lipinski definition) is 7. The fraction of sp³-hybridized carbons (Fsp3) is 0.143. The molecule has 0 spiro atoms. The van der Waals surface area contributed by atoms with E-state index >= 15 is 0 Å². The molecule has 0 fully saturated rings. The molecule has 0 saturated heterocycles. The van der Waals surface area contributed by atoms with Crippen molar-refractivity contribution in [2.45, 2.75) is 12.5 Å². The normalized spacial score (nSPS) is 11.5. The van der Waals surface area contributed by atoms with Crippen molar-refractivity contribution in [2.24, 2.45) is 5.73 Å². The molecule has 1 aromatic carbocycles. The van der Waals surface area contributed by atoms with E-state index in [0.29, 0.717) is 17.0 Å². The average Bonchev–Trinajstić information content (AvgIpc) is 3.00. The van der Waals surface area contributed by atoms with Gasteiger partial charge in [0.2, 0.25) is 0 Å². The molecular formula is C14H16N6O3. The van der Waals surface area contributed by atoms with Gasteiger partial charge in [-0.15, -0.1) is 0 Å². The summed E-state index contributed by atoms with van der Waals surface area (Å²) >= 11 is 0. The Kier molecular flexibility index (Phi) is 5.05. The third-order valence-corrected chi connectivity index (χ3v) is 2.96. The molecular weight excluding hydrogens is 300 g/mol. The molecule has 0 aliphatic carbocycles. The molecule has 7 N–H and O–H groups in total. The maximum Gasteiger partial charge on any atom is 0.320 e.